The van der Waals surface area contributed by atoms with E-state index < -0.39 is 20.0 Å². The number of halogens is 1. The third-order valence-electron chi connectivity index (χ3n) is 2.74. The van der Waals surface area contributed by atoms with Crippen molar-refractivity contribution < 1.29 is 18.1 Å². The van der Waals surface area contributed by atoms with E-state index in [2.05, 4.69) is 0 Å². The molecule has 20 heavy (non-hydrogen) atoms. The van der Waals surface area contributed by atoms with Gasteiger partial charge in [0.15, 0.2) is 9.84 Å². The minimum Gasteiger partial charge on any atom is -0.492 e. The Labute approximate surface area is 122 Å². The first-order valence-corrected chi connectivity index (χ1v) is 8.20. The molecule has 0 aliphatic carbocycles. The van der Waals surface area contributed by atoms with Crippen LogP contribution >= 0.6 is 11.6 Å². The molecule has 1 aromatic carbocycles. The molecule has 0 unspecified atom stereocenters. The number of nitro groups is 1. The number of sulfone groups is 1. The Morgan fingerprint density at radius 1 is 1.40 bits per heavy atom. The van der Waals surface area contributed by atoms with E-state index in [4.69, 9.17) is 16.3 Å². The Bertz CT molecular complexity index is 586. The number of nitrogens with zero attached hydrogens (tertiary/aromatic N) is 1. The second kappa shape index (κ2) is 6.90. The molecule has 8 heteroatoms. The minimum absolute atomic E-state index is 0.0117. The average Bonchev–Trinajstić information content (AvgIpc) is 2.38. The van der Waals surface area contributed by atoms with Gasteiger partial charge in [-0.1, -0.05) is 0 Å². The predicted molar refractivity (Wildman–Crippen MR) is 77.1 cm³/mol. The number of benzene rings is 1. The highest BCUT2D eigenvalue weighted by molar-refractivity contribution is 7.91. The van der Waals surface area contributed by atoms with Gasteiger partial charge in [0.05, 0.1) is 21.8 Å². The van der Waals surface area contributed by atoms with Crippen LogP contribution in [0, 0.1) is 10.1 Å². The monoisotopic (exact) mass is 321 g/mol. The Morgan fingerprint density at radius 2 is 2.05 bits per heavy atom. The van der Waals surface area contributed by atoms with Gasteiger partial charge in [0, 0.05) is 17.7 Å². The second-order valence-corrected chi connectivity index (χ2v) is 7.39. The van der Waals surface area contributed by atoms with Crippen LogP contribution in [-0.4, -0.2) is 31.0 Å². The van der Waals surface area contributed by atoms with E-state index >= 15 is 0 Å². The number of hydrogen-bond acceptors (Lipinski definition) is 5. The van der Waals surface area contributed by atoms with Gasteiger partial charge < -0.3 is 4.74 Å². The Hall–Kier alpha value is -1.34. The number of non-ortho nitro benzene ring substituents is 1. The maximum absolute atomic E-state index is 11.6. The summed E-state index contributed by atoms with van der Waals surface area (Å²) in [5.74, 6) is 0.307. The van der Waals surface area contributed by atoms with Gasteiger partial charge in [0.2, 0.25) is 0 Å². The zero-order valence-corrected chi connectivity index (χ0v) is 12.8. The summed E-state index contributed by atoms with van der Waals surface area (Å²) < 4.78 is 28.6. The summed E-state index contributed by atoms with van der Waals surface area (Å²) in [5, 5.41) is 10.2. The molecule has 0 aliphatic rings. The van der Waals surface area contributed by atoms with Crippen LogP contribution in [0.25, 0.3) is 0 Å². The number of nitro benzene ring substituents is 1. The van der Waals surface area contributed by atoms with Crippen LogP contribution in [-0.2, 0) is 15.7 Å². The van der Waals surface area contributed by atoms with Gasteiger partial charge in [-0.25, -0.2) is 8.42 Å². The molecule has 0 spiro atoms. The molecule has 0 saturated heterocycles. The molecule has 1 rings (SSSR count). The summed E-state index contributed by atoms with van der Waals surface area (Å²) in [6.07, 6.45) is 0. The predicted octanol–water partition coefficient (Wildman–Crippen LogP) is 2.54. The van der Waals surface area contributed by atoms with Crippen LogP contribution in [0.5, 0.6) is 5.75 Å². The van der Waals surface area contributed by atoms with Gasteiger partial charge in [-0.3, -0.25) is 10.1 Å². The molecule has 0 N–H and O–H groups in total. The number of hydrogen-bond donors (Lipinski definition) is 0. The molecule has 0 saturated carbocycles. The lowest BCUT2D eigenvalue weighted by molar-refractivity contribution is -0.384. The largest absolute Gasteiger partial charge is 0.492 e. The minimum atomic E-state index is -3.18. The highest BCUT2D eigenvalue weighted by atomic mass is 35.5. The molecule has 0 aromatic heterocycles. The van der Waals surface area contributed by atoms with E-state index in [1.54, 1.807) is 13.8 Å². The van der Waals surface area contributed by atoms with Crippen molar-refractivity contribution in [3.8, 4) is 5.75 Å². The first kappa shape index (κ1) is 16.7. The molecule has 112 valence electrons. The SMILES string of the molecule is CC(C)S(=O)(=O)CCOc1ccc([N+](=O)[O-])cc1CCl. The third-order valence-corrected chi connectivity index (χ3v) is 5.20. The summed E-state index contributed by atoms with van der Waals surface area (Å²) in [5.41, 5.74) is 0.380. The maximum Gasteiger partial charge on any atom is 0.270 e. The molecular weight excluding hydrogens is 306 g/mol. The zero-order valence-electron chi connectivity index (χ0n) is 11.2. The molecule has 0 amide bonds. The highest BCUT2D eigenvalue weighted by Gasteiger charge is 2.17. The quantitative estimate of drug-likeness (QED) is 0.437. The van der Waals surface area contributed by atoms with Crippen molar-refractivity contribution in [1.82, 2.24) is 0 Å². The van der Waals surface area contributed by atoms with Gasteiger partial charge in [-0.05, 0) is 19.9 Å². The van der Waals surface area contributed by atoms with Crippen molar-refractivity contribution in [2.45, 2.75) is 25.0 Å². The Balaban J connectivity index is 2.76. The second-order valence-electron chi connectivity index (χ2n) is 4.45. The van der Waals surface area contributed by atoms with E-state index in [-0.39, 0.29) is 23.9 Å². The lowest BCUT2D eigenvalue weighted by Gasteiger charge is -2.11. The smallest absolute Gasteiger partial charge is 0.270 e. The molecule has 0 atom stereocenters. The van der Waals surface area contributed by atoms with Gasteiger partial charge >= 0.3 is 0 Å². The average molecular weight is 322 g/mol. The Kier molecular flexibility index (Phi) is 5.76. The fourth-order valence-corrected chi connectivity index (χ4v) is 2.42. The Morgan fingerprint density at radius 3 is 2.55 bits per heavy atom. The number of rotatable bonds is 7. The van der Waals surface area contributed by atoms with Crippen molar-refractivity contribution in [3.05, 3.63) is 33.9 Å². The van der Waals surface area contributed by atoms with Gasteiger partial charge in [0.25, 0.3) is 5.69 Å². The van der Waals surface area contributed by atoms with Crippen LogP contribution < -0.4 is 4.74 Å². The fourth-order valence-electron chi connectivity index (χ4n) is 1.43. The van der Waals surface area contributed by atoms with E-state index in [9.17, 15) is 18.5 Å². The van der Waals surface area contributed by atoms with Crippen LogP contribution in [0.3, 0.4) is 0 Å². The van der Waals surface area contributed by atoms with E-state index in [1.165, 1.54) is 18.2 Å². The molecule has 6 nitrogen and oxygen atoms in total. The molecule has 0 fully saturated rings. The fraction of sp³-hybridized carbons (Fsp3) is 0.500. The van der Waals surface area contributed by atoms with Crippen LogP contribution in [0.1, 0.15) is 19.4 Å². The lowest BCUT2D eigenvalue weighted by atomic mass is 10.2. The van der Waals surface area contributed by atoms with Gasteiger partial charge in [-0.2, -0.15) is 0 Å². The molecular formula is C12H16ClNO5S. The standard InChI is InChI=1S/C12H16ClNO5S/c1-9(2)20(17,18)6-5-19-12-4-3-11(14(15)16)7-10(12)8-13/h3-4,7,9H,5-6,8H2,1-2H3. The van der Waals surface area contributed by atoms with Crippen LogP contribution in [0.15, 0.2) is 18.2 Å². The van der Waals surface area contributed by atoms with Crippen LogP contribution in [0.4, 0.5) is 5.69 Å². The van der Waals surface area contributed by atoms with Crippen molar-refractivity contribution in [2.75, 3.05) is 12.4 Å². The summed E-state index contributed by atoms with van der Waals surface area (Å²) in [4.78, 5) is 10.1. The number of alkyl halides is 1. The van der Waals surface area contributed by atoms with Gasteiger partial charge in [-0.15, -0.1) is 11.6 Å². The third kappa shape index (κ3) is 4.35. The topological polar surface area (TPSA) is 86.5 Å². The molecule has 0 heterocycles. The first-order chi connectivity index (χ1) is 9.27. The van der Waals surface area contributed by atoms with Crippen molar-refractivity contribution in [1.29, 1.82) is 0 Å². The molecule has 0 radical (unpaired) electrons. The maximum atomic E-state index is 11.6. The first-order valence-electron chi connectivity index (χ1n) is 5.95. The lowest BCUT2D eigenvalue weighted by Crippen LogP contribution is -2.22. The normalized spacial score (nSPS) is 11.6. The van der Waals surface area contributed by atoms with E-state index in [1.807, 2.05) is 0 Å². The van der Waals surface area contributed by atoms with Gasteiger partial charge in [0.1, 0.15) is 12.4 Å². The summed E-state index contributed by atoms with van der Waals surface area (Å²) >= 11 is 5.71. The van der Waals surface area contributed by atoms with E-state index in [0.29, 0.717) is 11.3 Å². The molecule has 0 bridgehead atoms. The summed E-state index contributed by atoms with van der Waals surface area (Å²) in [6, 6.07) is 4.04. The molecule has 1 aromatic rings. The van der Waals surface area contributed by atoms with Crippen LogP contribution in [0.2, 0.25) is 0 Å². The van der Waals surface area contributed by atoms with E-state index in [0.717, 1.165) is 0 Å². The van der Waals surface area contributed by atoms with Crippen molar-refractivity contribution in [3.63, 3.8) is 0 Å². The highest BCUT2D eigenvalue weighted by Crippen LogP contribution is 2.25. The zero-order chi connectivity index (χ0) is 15.3. The molecule has 0 aliphatic heterocycles. The summed E-state index contributed by atoms with van der Waals surface area (Å²) in [6.45, 7) is 3.19. The van der Waals surface area contributed by atoms with Crippen molar-refractivity contribution >= 4 is 27.1 Å². The van der Waals surface area contributed by atoms with Crippen molar-refractivity contribution in [2.24, 2.45) is 0 Å². The number of ether oxygens (including phenoxy) is 1. The summed E-state index contributed by atoms with van der Waals surface area (Å²) in [7, 11) is -3.18.